The van der Waals surface area contributed by atoms with Crippen LogP contribution in [0.4, 0.5) is 0 Å². The van der Waals surface area contributed by atoms with Gasteiger partial charge in [0.05, 0.1) is 25.7 Å². The van der Waals surface area contributed by atoms with Crippen LogP contribution < -0.4 is 10.6 Å². The molecular formula is C30H36N2O7. The molecule has 0 aliphatic rings. The smallest absolute Gasteiger partial charge is 0.331 e. The summed E-state index contributed by atoms with van der Waals surface area (Å²) in [5.41, 5.74) is 1.60. The summed E-state index contributed by atoms with van der Waals surface area (Å²) in [6.07, 6.45) is 3.75. The molecule has 0 aliphatic carbocycles. The molecule has 0 aliphatic heterocycles. The molecule has 2 aromatic rings. The van der Waals surface area contributed by atoms with Crippen molar-refractivity contribution in [3.63, 3.8) is 0 Å². The number of methoxy groups -OCH3 is 1. The first-order valence-electron chi connectivity index (χ1n) is 12.6. The lowest BCUT2D eigenvalue weighted by molar-refractivity contribution is -0.155. The Balaban J connectivity index is 2.09. The minimum absolute atomic E-state index is 0.0310. The van der Waals surface area contributed by atoms with Crippen LogP contribution in [-0.4, -0.2) is 55.2 Å². The average Bonchev–Trinajstić information content (AvgIpc) is 2.96. The Labute approximate surface area is 228 Å². The van der Waals surface area contributed by atoms with Crippen molar-refractivity contribution >= 4 is 23.8 Å². The van der Waals surface area contributed by atoms with Gasteiger partial charge in [0, 0.05) is 0 Å². The monoisotopic (exact) mass is 536 g/mol. The number of carbonyl (C=O) groups is 4. The summed E-state index contributed by atoms with van der Waals surface area (Å²) in [5, 5.41) is 14.9. The van der Waals surface area contributed by atoms with E-state index in [1.807, 2.05) is 30.3 Å². The van der Waals surface area contributed by atoms with E-state index >= 15 is 0 Å². The molecule has 2 rings (SSSR count). The third kappa shape index (κ3) is 9.86. The van der Waals surface area contributed by atoms with Gasteiger partial charge in [0.25, 0.3) is 0 Å². The van der Waals surface area contributed by atoms with E-state index in [2.05, 4.69) is 23.8 Å². The van der Waals surface area contributed by atoms with Crippen molar-refractivity contribution in [3.8, 4) is 0 Å². The zero-order chi connectivity index (χ0) is 28.6. The second kappa shape index (κ2) is 16.6. The van der Waals surface area contributed by atoms with Gasteiger partial charge < -0.3 is 25.2 Å². The summed E-state index contributed by atoms with van der Waals surface area (Å²) in [7, 11) is 1.14. The number of benzene rings is 2. The number of nitrogens with one attached hydrogen (secondary N) is 2. The first-order valence-corrected chi connectivity index (χ1v) is 12.6. The number of aliphatic hydroxyl groups is 1. The fourth-order valence-electron chi connectivity index (χ4n) is 3.92. The van der Waals surface area contributed by atoms with Gasteiger partial charge in [-0.25, -0.2) is 4.79 Å². The van der Waals surface area contributed by atoms with Gasteiger partial charge in [-0.2, -0.15) is 0 Å². The van der Waals surface area contributed by atoms with Crippen molar-refractivity contribution in [1.29, 1.82) is 0 Å². The Kier molecular flexibility index (Phi) is 13.2. The Hall–Kier alpha value is -4.24. The molecule has 2 aromatic carbocycles. The highest BCUT2D eigenvalue weighted by Gasteiger charge is 2.32. The molecule has 3 N–H and O–H groups in total. The van der Waals surface area contributed by atoms with Gasteiger partial charge in [0.1, 0.15) is 12.5 Å². The zero-order valence-corrected chi connectivity index (χ0v) is 22.1. The van der Waals surface area contributed by atoms with Crippen molar-refractivity contribution < 1.29 is 33.8 Å². The largest absolute Gasteiger partial charge is 0.467 e. The van der Waals surface area contributed by atoms with Crippen LogP contribution in [0.5, 0.6) is 0 Å². The minimum atomic E-state index is -1.34. The van der Waals surface area contributed by atoms with Crippen molar-refractivity contribution in [2.24, 2.45) is 11.8 Å². The molecule has 9 heteroatoms. The number of rotatable bonds is 16. The van der Waals surface area contributed by atoms with Gasteiger partial charge in [-0.1, -0.05) is 72.8 Å². The normalized spacial score (nSPS) is 13.6. The predicted octanol–water partition coefficient (Wildman–Crippen LogP) is 2.66. The maximum Gasteiger partial charge on any atom is 0.331 e. The standard InChI is InChI=1S/C30H36N2O7/c1-4-12-23(18-21-14-8-6-9-15-21)29(36)39-20-26(30(37)38-3)32-28(35)24(13-5-2)27(34)31-25(19-33)22-16-10-7-11-17-22/h4-11,14-17,23-26,33H,1-2,12-13,18-20H2,3H3,(H,31,34)(H,32,35)/t23-,24?,25+,26-/m1/s1. The van der Waals surface area contributed by atoms with E-state index in [1.165, 1.54) is 6.08 Å². The van der Waals surface area contributed by atoms with Gasteiger partial charge in [-0.05, 0) is 30.4 Å². The summed E-state index contributed by atoms with van der Waals surface area (Å²) in [4.78, 5) is 51.3. The number of aliphatic hydroxyl groups excluding tert-OH is 1. The maximum atomic E-state index is 13.1. The number of carbonyl (C=O) groups excluding carboxylic acids is 4. The van der Waals surface area contributed by atoms with Gasteiger partial charge in [-0.3, -0.25) is 14.4 Å². The lowest BCUT2D eigenvalue weighted by Gasteiger charge is -2.23. The average molecular weight is 537 g/mol. The zero-order valence-electron chi connectivity index (χ0n) is 22.1. The molecule has 4 atom stereocenters. The fraction of sp³-hybridized carbons (Fsp3) is 0.333. The van der Waals surface area contributed by atoms with E-state index in [4.69, 9.17) is 9.47 Å². The van der Waals surface area contributed by atoms with E-state index in [-0.39, 0.29) is 13.0 Å². The lowest BCUT2D eigenvalue weighted by atomic mass is 9.96. The van der Waals surface area contributed by atoms with Gasteiger partial charge in [0.2, 0.25) is 11.8 Å². The molecule has 0 saturated heterocycles. The fourth-order valence-corrected chi connectivity index (χ4v) is 3.92. The first kappa shape index (κ1) is 31.0. The van der Waals surface area contributed by atoms with E-state index in [9.17, 15) is 24.3 Å². The Bertz CT molecular complexity index is 1100. The second-order valence-corrected chi connectivity index (χ2v) is 8.86. The summed E-state index contributed by atoms with van der Waals surface area (Å²) >= 11 is 0. The summed E-state index contributed by atoms with van der Waals surface area (Å²) < 4.78 is 10.2. The number of allylic oxidation sites excluding steroid dienone is 2. The Morgan fingerprint density at radius 2 is 1.46 bits per heavy atom. The molecule has 208 valence electrons. The van der Waals surface area contributed by atoms with Crippen LogP contribution in [0.3, 0.4) is 0 Å². The highest BCUT2D eigenvalue weighted by molar-refractivity contribution is 6.01. The Morgan fingerprint density at radius 1 is 0.872 bits per heavy atom. The van der Waals surface area contributed by atoms with Crippen molar-refractivity contribution in [2.45, 2.75) is 31.3 Å². The molecule has 2 amide bonds. The highest BCUT2D eigenvalue weighted by atomic mass is 16.5. The number of ether oxygens (including phenoxy) is 2. The topological polar surface area (TPSA) is 131 Å². The third-order valence-corrected chi connectivity index (χ3v) is 6.04. The van der Waals surface area contributed by atoms with E-state index in [1.54, 1.807) is 36.4 Å². The number of hydrogen-bond acceptors (Lipinski definition) is 7. The number of amides is 2. The van der Waals surface area contributed by atoms with Crippen molar-refractivity contribution in [1.82, 2.24) is 10.6 Å². The number of esters is 2. The van der Waals surface area contributed by atoms with Crippen LogP contribution in [0.25, 0.3) is 0 Å². The maximum absolute atomic E-state index is 13.1. The molecule has 0 radical (unpaired) electrons. The number of hydrogen-bond donors (Lipinski definition) is 3. The van der Waals surface area contributed by atoms with E-state index in [0.29, 0.717) is 18.4 Å². The lowest BCUT2D eigenvalue weighted by Crippen LogP contribution is -2.50. The molecule has 39 heavy (non-hydrogen) atoms. The van der Waals surface area contributed by atoms with E-state index < -0.39 is 54.3 Å². The first-order chi connectivity index (χ1) is 18.8. The Morgan fingerprint density at radius 3 is 2.03 bits per heavy atom. The van der Waals surface area contributed by atoms with E-state index in [0.717, 1.165) is 12.7 Å². The quantitative estimate of drug-likeness (QED) is 0.171. The van der Waals surface area contributed by atoms with Crippen LogP contribution in [0, 0.1) is 11.8 Å². The van der Waals surface area contributed by atoms with Gasteiger partial charge >= 0.3 is 11.9 Å². The minimum Gasteiger partial charge on any atom is -0.467 e. The van der Waals surface area contributed by atoms with Gasteiger partial charge in [-0.15, -0.1) is 13.2 Å². The molecule has 0 saturated carbocycles. The van der Waals surface area contributed by atoms with Crippen LogP contribution >= 0.6 is 0 Å². The van der Waals surface area contributed by atoms with Crippen LogP contribution in [0.2, 0.25) is 0 Å². The summed E-state index contributed by atoms with van der Waals surface area (Å²) in [6, 6.07) is 16.1. The second-order valence-electron chi connectivity index (χ2n) is 8.86. The van der Waals surface area contributed by atoms with Crippen LogP contribution in [-0.2, 0) is 35.1 Å². The third-order valence-electron chi connectivity index (χ3n) is 6.04. The molecule has 0 spiro atoms. The molecule has 0 aromatic heterocycles. The summed E-state index contributed by atoms with van der Waals surface area (Å²) in [6.45, 7) is 6.44. The van der Waals surface area contributed by atoms with Gasteiger partial charge in [0.15, 0.2) is 6.04 Å². The van der Waals surface area contributed by atoms with Crippen molar-refractivity contribution in [2.75, 3.05) is 20.3 Å². The molecule has 0 fully saturated rings. The molecule has 1 unspecified atom stereocenters. The summed E-state index contributed by atoms with van der Waals surface area (Å²) in [5.74, 6) is -4.63. The molecular weight excluding hydrogens is 500 g/mol. The highest BCUT2D eigenvalue weighted by Crippen LogP contribution is 2.16. The van der Waals surface area contributed by atoms with Crippen LogP contribution in [0.15, 0.2) is 86.0 Å². The van der Waals surface area contributed by atoms with Crippen molar-refractivity contribution in [3.05, 3.63) is 97.1 Å². The predicted molar refractivity (Wildman–Crippen MR) is 146 cm³/mol. The van der Waals surface area contributed by atoms with Crippen LogP contribution in [0.1, 0.15) is 30.0 Å². The molecule has 0 bridgehead atoms. The SMILES string of the molecule is C=CCC(C(=O)N[C@@H](CO)c1ccccc1)C(=O)N[C@H](COC(=O)[C@H](CC=C)Cc1ccccc1)C(=O)OC. The molecule has 9 nitrogen and oxygen atoms in total. The molecule has 0 heterocycles.